The Morgan fingerprint density at radius 1 is 1.32 bits per heavy atom. The number of hydrogen-bond acceptors (Lipinski definition) is 3. The quantitative estimate of drug-likeness (QED) is 0.862. The zero-order chi connectivity index (χ0) is 13.7. The van der Waals surface area contributed by atoms with Crippen LogP contribution in [0.2, 0.25) is 0 Å². The van der Waals surface area contributed by atoms with Gasteiger partial charge in [-0.15, -0.1) is 0 Å². The molecule has 1 unspecified atom stereocenters. The van der Waals surface area contributed by atoms with Crippen molar-refractivity contribution in [1.82, 2.24) is 5.32 Å². The zero-order valence-electron chi connectivity index (χ0n) is 11.8. The van der Waals surface area contributed by atoms with Gasteiger partial charge in [-0.05, 0) is 43.1 Å². The average Bonchev–Trinajstić information content (AvgIpc) is 2.91. The number of furan rings is 1. The summed E-state index contributed by atoms with van der Waals surface area (Å²) in [5.74, 6) is 0.939. The van der Waals surface area contributed by atoms with Gasteiger partial charge in [-0.3, -0.25) is 0 Å². The third-order valence-electron chi connectivity index (χ3n) is 3.23. The maximum absolute atomic E-state index is 5.51. The smallest absolute Gasteiger partial charge is 0.123 e. The van der Waals surface area contributed by atoms with Gasteiger partial charge in [0, 0.05) is 11.6 Å². The van der Waals surface area contributed by atoms with Gasteiger partial charge in [-0.25, -0.2) is 0 Å². The summed E-state index contributed by atoms with van der Waals surface area (Å²) >= 11 is 0. The van der Waals surface area contributed by atoms with Gasteiger partial charge < -0.3 is 14.5 Å². The highest BCUT2D eigenvalue weighted by atomic mass is 16.5. The Labute approximate surface area is 114 Å². The Kier molecular flexibility index (Phi) is 4.63. The number of rotatable bonds is 6. The number of likely N-dealkylation sites (N-methyl/N-ethyl adjacent to an activating group) is 1. The summed E-state index contributed by atoms with van der Waals surface area (Å²) in [5, 5.41) is 3.51. The first-order valence-corrected chi connectivity index (χ1v) is 6.63. The first-order chi connectivity index (χ1) is 9.24. The van der Waals surface area contributed by atoms with Crippen molar-refractivity contribution in [2.45, 2.75) is 26.3 Å². The minimum absolute atomic E-state index is 0.234. The van der Waals surface area contributed by atoms with E-state index in [4.69, 9.17) is 9.15 Å². The van der Waals surface area contributed by atoms with Gasteiger partial charge in [0.1, 0.15) is 5.75 Å². The van der Waals surface area contributed by atoms with Crippen LogP contribution in [0.1, 0.15) is 29.7 Å². The van der Waals surface area contributed by atoms with Crippen LogP contribution in [0.25, 0.3) is 0 Å². The second-order valence-corrected chi connectivity index (χ2v) is 4.69. The summed E-state index contributed by atoms with van der Waals surface area (Å²) < 4.78 is 10.7. The summed E-state index contributed by atoms with van der Waals surface area (Å²) in [5.41, 5.74) is 3.59. The van der Waals surface area contributed by atoms with E-state index in [0.29, 0.717) is 0 Å². The highest BCUT2D eigenvalue weighted by molar-refractivity contribution is 5.40. The molecule has 1 heterocycles. The maximum Gasteiger partial charge on any atom is 0.123 e. The van der Waals surface area contributed by atoms with Crippen LogP contribution in [0.3, 0.4) is 0 Å². The van der Waals surface area contributed by atoms with E-state index in [1.807, 2.05) is 6.07 Å². The van der Waals surface area contributed by atoms with E-state index in [1.54, 1.807) is 19.6 Å². The fourth-order valence-corrected chi connectivity index (χ4v) is 2.29. The molecule has 3 heteroatoms. The molecule has 0 fully saturated rings. The Morgan fingerprint density at radius 2 is 2.16 bits per heavy atom. The lowest BCUT2D eigenvalue weighted by Crippen LogP contribution is -2.23. The molecule has 0 aliphatic carbocycles. The number of aryl methyl sites for hydroxylation is 1. The van der Waals surface area contributed by atoms with Crippen molar-refractivity contribution < 1.29 is 9.15 Å². The van der Waals surface area contributed by atoms with Crippen LogP contribution in [-0.2, 0) is 6.42 Å². The SMILES string of the molecule is CCNC(Cc1ccoc1)c1ccc(C)cc1OC. The van der Waals surface area contributed by atoms with Gasteiger partial charge in [0.25, 0.3) is 0 Å². The van der Waals surface area contributed by atoms with Crippen molar-refractivity contribution in [3.05, 3.63) is 53.5 Å². The molecule has 1 atom stereocenters. The second kappa shape index (κ2) is 6.43. The summed E-state index contributed by atoms with van der Waals surface area (Å²) in [6.45, 7) is 5.10. The molecule has 2 rings (SSSR count). The normalized spacial score (nSPS) is 12.4. The van der Waals surface area contributed by atoms with Gasteiger partial charge in [-0.2, -0.15) is 0 Å². The van der Waals surface area contributed by atoms with Crippen LogP contribution in [-0.4, -0.2) is 13.7 Å². The van der Waals surface area contributed by atoms with E-state index < -0.39 is 0 Å². The summed E-state index contributed by atoms with van der Waals surface area (Å²) in [7, 11) is 1.72. The molecule has 0 saturated heterocycles. The second-order valence-electron chi connectivity index (χ2n) is 4.69. The van der Waals surface area contributed by atoms with Crippen molar-refractivity contribution in [3.63, 3.8) is 0 Å². The minimum atomic E-state index is 0.234. The molecule has 1 N–H and O–H groups in total. The van der Waals surface area contributed by atoms with Crippen LogP contribution in [0.15, 0.2) is 41.2 Å². The molecule has 1 aromatic heterocycles. The van der Waals surface area contributed by atoms with E-state index in [2.05, 4.69) is 37.4 Å². The highest BCUT2D eigenvalue weighted by Gasteiger charge is 2.16. The third-order valence-corrected chi connectivity index (χ3v) is 3.23. The van der Waals surface area contributed by atoms with Gasteiger partial charge >= 0.3 is 0 Å². The molecule has 2 aromatic rings. The molecule has 0 radical (unpaired) electrons. The first kappa shape index (κ1) is 13.7. The highest BCUT2D eigenvalue weighted by Crippen LogP contribution is 2.28. The van der Waals surface area contributed by atoms with Gasteiger partial charge in [0.05, 0.1) is 19.6 Å². The van der Waals surface area contributed by atoms with E-state index in [1.165, 1.54) is 16.7 Å². The molecule has 0 spiro atoms. The molecule has 19 heavy (non-hydrogen) atoms. The molecule has 3 nitrogen and oxygen atoms in total. The molecular formula is C16H21NO2. The van der Waals surface area contributed by atoms with Crippen LogP contribution in [0.4, 0.5) is 0 Å². The summed E-state index contributed by atoms with van der Waals surface area (Å²) in [6, 6.07) is 8.58. The minimum Gasteiger partial charge on any atom is -0.496 e. The van der Waals surface area contributed by atoms with Crippen molar-refractivity contribution in [2.75, 3.05) is 13.7 Å². The predicted octanol–water partition coefficient (Wildman–Crippen LogP) is 3.49. The van der Waals surface area contributed by atoms with Crippen LogP contribution in [0.5, 0.6) is 5.75 Å². The lowest BCUT2D eigenvalue weighted by molar-refractivity contribution is 0.398. The molecular weight excluding hydrogens is 238 g/mol. The van der Waals surface area contributed by atoms with Crippen LogP contribution >= 0.6 is 0 Å². The van der Waals surface area contributed by atoms with E-state index in [0.717, 1.165) is 18.7 Å². The molecule has 0 aliphatic rings. The average molecular weight is 259 g/mol. The van der Waals surface area contributed by atoms with E-state index >= 15 is 0 Å². The maximum atomic E-state index is 5.51. The fraction of sp³-hybridized carbons (Fsp3) is 0.375. The van der Waals surface area contributed by atoms with Crippen molar-refractivity contribution in [3.8, 4) is 5.75 Å². The first-order valence-electron chi connectivity index (χ1n) is 6.63. The third kappa shape index (κ3) is 3.38. The Hall–Kier alpha value is -1.74. The molecule has 1 aromatic carbocycles. The van der Waals surface area contributed by atoms with Gasteiger partial charge in [0.15, 0.2) is 0 Å². The molecule has 0 bridgehead atoms. The van der Waals surface area contributed by atoms with Gasteiger partial charge in [0.2, 0.25) is 0 Å². The molecule has 0 saturated carbocycles. The summed E-state index contributed by atoms with van der Waals surface area (Å²) in [6.07, 6.45) is 4.40. The zero-order valence-corrected chi connectivity index (χ0v) is 11.8. The van der Waals surface area contributed by atoms with Crippen molar-refractivity contribution in [2.24, 2.45) is 0 Å². The Balaban J connectivity index is 2.27. The Bertz CT molecular complexity index is 505. The number of benzene rings is 1. The summed E-state index contributed by atoms with van der Waals surface area (Å²) in [4.78, 5) is 0. The standard InChI is InChI=1S/C16H21NO2/c1-4-17-15(10-13-7-8-19-11-13)14-6-5-12(2)9-16(14)18-3/h5-9,11,15,17H,4,10H2,1-3H3. The number of nitrogens with one attached hydrogen (secondary N) is 1. The molecule has 102 valence electrons. The van der Waals surface area contributed by atoms with E-state index in [-0.39, 0.29) is 6.04 Å². The Morgan fingerprint density at radius 3 is 2.79 bits per heavy atom. The molecule has 0 aliphatic heterocycles. The van der Waals surface area contributed by atoms with Crippen LogP contribution in [0, 0.1) is 6.92 Å². The van der Waals surface area contributed by atoms with Crippen molar-refractivity contribution in [1.29, 1.82) is 0 Å². The topological polar surface area (TPSA) is 34.4 Å². The lowest BCUT2D eigenvalue weighted by atomic mass is 9.98. The number of methoxy groups -OCH3 is 1. The monoisotopic (exact) mass is 259 g/mol. The largest absolute Gasteiger partial charge is 0.496 e. The lowest BCUT2D eigenvalue weighted by Gasteiger charge is -2.20. The van der Waals surface area contributed by atoms with Gasteiger partial charge in [-0.1, -0.05) is 19.1 Å². The molecule has 0 amide bonds. The predicted molar refractivity (Wildman–Crippen MR) is 76.6 cm³/mol. The number of hydrogen-bond donors (Lipinski definition) is 1. The van der Waals surface area contributed by atoms with Crippen molar-refractivity contribution >= 4 is 0 Å². The van der Waals surface area contributed by atoms with E-state index in [9.17, 15) is 0 Å². The van der Waals surface area contributed by atoms with Crippen LogP contribution < -0.4 is 10.1 Å². The number of ether oxygens (including phenoxy) is 1. The fourth-order valence-electron chi connectivity index (χ4n) is 2.29.